The van der Waals surface area contributed by atoms with Gasteiger partial charge in [-0.2, -0.15) is 0 Å². The smallest absolute Gasteiger partial charge is 0.409 e. The van der Waals surface area contributed by atoms with Gasteiger partial charge in [0.05, 0.1) is 11.2 Å². The fourth-order valence-electron chi connectivity index (χ4n) is 1.31. The highest BCUT2D eigenvalue weighted by Gasteiger charge is 2.32. The minimum atomic E-state index is -0.945. The molecule has 84 valence electrons. The minimum absolute atomic E-state index is 0.0490. The van der Waals surface area contributed by atoms with Gasteiger partial charge in [-0.3, -0.25) is 4.79 Å². The molecule has 1 fully saturated rings. The molecule has 2 rings (SSSR count). The molecule has 1 amide bonds. The van der Waals surface area contributed by atoms with Crippen LogP contribution in [0.2, 0.25) is 5.02 Å². The number of carbonyl (C=O) groups excluding carboxylic acids is 2. The predicted octanol–water partition coefficient (Wildman–Crippen LogP) is 1.79. The molecule has 0 aliphatic heterocycles. The molecule has 0 atom stereocenters. The zero-order valence-corrected chi connectivity index (χ0v) is 9.03. The number of carbonyl (C=O) groups is 2. The monoisotopic (exact) mass is 240 g/mol. The molecule has 0 bridgehead atoms. The number of hydrogen-bond donors (Lipinski definition) is 1. The lowest BCUT2D eigenvalue weighted by atomic mass is 10.2. The van der Waals surface area contributed by atoms with Gasteiger partial charge in [0.1, 0.15) is 5.69 Å². The molecule has 1 aromatic rings. The molecule has 16 heavy (non-hydrogen) atoms. The second kappa shape index (κ2) is 4.09. The fourth-order valence-corrected chi connectivity index (χ4v) is 1.56. The number of rotatable bonds is 3. The summed E-state index contributed by atoms with van der Waals surface area (Å²) in [4.78, 5) is 26.0. The van der Waals surface area contributed by atoms with E-state index in [1.165, 1.54) is 12.3 Å². The molecular weight excluding hydrogens is 232 g/mol. The molecule has 0 unspecified atom stereocenters. The van der Waals surface area contributed by atoms with Crippen LogP contribution in [0, 0.1) is 5.92 Å². The molecule has 1 saturated carbocycles. The first-order chi connectivity index (χ1) is 7.58. The molecule has 1 aliphatic rings. The van der Waals surface area contributed by atoms with Gasteiger partial charge in [-0.05, 0) is 12.8 Å². The Bertz CT molecular complexity index is 457. The first-order valence-electron chi connectivity index (χ1n) is 4.75. The molecule has 0 radical (unpaired) electrons. The van der Waals surface area contributed by atoms with Crippen LogP contribution in [0.4, 0.5) is 4.79 Å². The summed E-state index contributed by atoms with van der Waals surface area (Å²) >= 11 is 5.86. The van der Waals surface area contributed by atoms with E-state index in [9.17, 15) is 9.59 Å². The van der Waals surface area contributed by atoms with Gasteiger partial charge in [-0.1, -0.05) is 11.6 Å². The van der Waals surface area contributed by atoms with E-state index in [0.29, 0.717) is 0 Å². The van der Waals surface area contributed by atoms with Crippen molar-refractivity contribution in [1.82, 2.24) is 4.98 Å². The largest absolute Gasteiger partial charge is 0.410 e. The lowest BCUT2D eigenvalue weighted by Crippen LogP contribution is -2.16. The van der Waals surface area contributed by atoms with E-state index in [0.717, 1.165) is 12.8 Å². The number of halogens is 1. The summed E-state index contributed by atoms with van der Waals surface area (Å²) in [7, 11) is 0. The third kappa shape index (κ3) is 2.30. The third-order valence-electron chi connectivity index (χ3n) is 2.22. The van der Waals surface area contributed by atoms with Crippen molar-refractivity contribution in [3.8, 4) is 5.75 Å². The zero-order valence-electron chi connectivity index (χ0n) is 8.27. The molecule has 1 aliphatic carbocycles. The van der Waals surface area contributed by atoms with E-state index in [4.69, 9.17) is 17.3 Å². The summed E-state index contributed by atoms with van der Waals surface area (Å²) < 4.78 is 4.59. The van der Waals surface area contributed by atoms with Gasteiger partial charge >= 0.3 is 6.09 Å². The van der Waals surface area contributed by atoms with E-state index in [2.05, 4.69) is 9.72 Å². The molecule has 2 N–H and O–H groups in total. The van der Waals surface area contributed by atoms with Crippen LogP contribution in [0.15, 0.2) is 12.3 Å². The van der Waals surface area contributed by atoms with Gasteiger partial charge in [0.15, 0.2) is 11.5 Å². The molecular formula is C10H9ClN2O3. The zero-order chi connectivity index (χ0) is 11.7. The van der Waals surface area contributed by atoms with E-state index >= 15 is 0 Å². The number of aromatic nitrogens is 1. The molecule has 5 nitrogen and oxygen atoms in total. The number of ether oxygens (including phenoxy) is 1. The maximum atomic E-state index is 11.7. The molecule has 1 aromatic heterocycles. The molecule has 0 aromatic carbocycles. The highest BCUT2D eigenvalue weighted by Crippen LogP contribution is 2.34. The van der Waals surface area contributed by atoms with Crippen molar-refractivity contribution in [1.29, 1.82) is 0 Å². The Balaban J connectivity index is 2.22. The summed E-state index contributed by atoms with van der Waals surface area (Å²) in [5, 5.41) is 0.177. The molecule has 1 heterocycles. The first-order valence-corrected chi connectivity index (χ1v) is 5.13. The topological polar surface area (TPSA) is 82.3 Å². The van der Waals surface area contributed by atoms with Gasteiger partial charge in [0.25, 0.3) is 0 Å². The van der Waals surface area contributed by atoms with Crippen LogP contribution in [-0.2, 0) is 0 Å². The van der Waals surface area contributed by atoms with E-state index < -0.39 is 6.09 Å². The first kappa shape index (κ1) is 10.9. The SMILES string of the molecule is NC(=O)Oc1cnc(C(=O)C2CC2)c(Cl)c1. The van der Waals surface area contributed by atoms with Crippen molar-refractivity contribution in [2.75, 3.05) is 0 Å². The van der Waals surface area contributed by atoms with Crippen molar-refractivity contribution in [3.63, 3.8) is 0 Å². The maximum absolute atomic E-state index is 11.7. The van der Waals surface area contributed by atoms with Crippen LogP contribution in [0.5, 0.6) is 5.75 Å². The predicted molar refractivity (Wildman–Crippen MR) is 56.5 cm³/mol. The summed E-state index contributed by atoms with van der Waals surface area (Å²) in [6.45, 7) is 0. The summed E-state index contributed by atoms with van der Waals surface area (Å²) in [5.74, 6) is 0.119. The number of nitrogens with two attached hydrogens (primary N) is 1. The molecule has 0 saturated heterocycles. The average molecular weight is 241 g/mol. The van der Waals surface area contributed by atoms with Gasteiger partial charge in [-0.15, -0.1) is 0 Å². The number of Topliss-reactive ketones (excluding diaryl/α,β-unsaturated/α-hetero) is 1. The Labute approximate surface area is 96.5 Å². The van der Waals surface area contributed by atoms with E-state index in [-0.39, 0.29) is 28.2 Å². The fraction of sp³-hybridized carbons (Fsp3) is 0.300. The quantitative estimate of drug-likeness (QED) is 0.817. The van der Waals surface area contributed by atoms with Crippen molar-refractivity contribution in [2.24, 2.45) is 11.7 Å². The standard InChI is InChI=1S/C10H9ClN2O3/c11-7-3-6(16-10(12)15)4-13-8(7)9(14)5-1-2-5/h3-5H,1-2H2,(H2,12,15). The Morgan fingerprint density at radius 1 is 1.50 bits per heavy atom. The van der Waals surface area contributed by atoms with Crippen LogP contribution in [0.3, 0.4) is 0 Å². The number of primary amides is 1. The maximum Gasteiger partial charge on any atom is 0.410 e. The minimum Gasteiger partial charge on any atom is -0.409 e. The van der Waals surface area contributed by atoms with Crippen molar-refractivity contribution in [3.05, 3.63) is 23.0 Å². The Morgan fingerprint density at radius 3 is 2.69 bits per heavy atom. The van der Waals surface area contributed by atoms with Crippen molar-refractivity contribution in [2.45, 2.75) is 12.8 Å². The highest BCUT2D eigenvalue weighted by atomic mass is 35.5. The van der Waals surface area contributed by atoms with Gasteiger partial charge in [-0.25, -0.2) is 9.78 Å². The third-order valence-corrected chi connectivity index (χ3v) is 2.50. The van der Waals surface area contributed by atoms with E-state index in [1.807, 2.05) is 0 Å². The second-order valence-electron chi connectivity index (χ2n) is 3.56. The van der Waals surface area contributed by atoms with Crippen LogP contribution in [0.1, 0.15) is 23.3 Å². The highest BCUT2D eigenvalue weighted by molar-refractivity contribution is 6.33. The second-order valence-corrected chi connectivity index (χ2v) is 3.97. The van der Waals surface area contributed by atoms with Crippen LogP contribution < -0.4 is 10.5 Å². The Hall–Kier alpha value is -1.62. The average Bonchev–Trinajstić information content (AvgIpc) is 2.99. The van der Waals surface area contributed by atoms with E-state index in [1.54, 1.807) is 0 Å². The van der Waals surface area contributed by atoms with Crippen molar-refractivity contribution < 1.29 is 14.3 Å². The molecule has 6 heteroatoms. The van der Waals surface area contributed by atoms with Gasteiger partial charge < -0.3 is 10.5 Å². The van der Waals surface area contributed by atoms with Crippen molar-refractivity contribution >= 4 is 23.5 Å². The summed E-state index contributed by atoms with van der Waals surface area (Å²) in [6, 6.07) is 1.36. The number of ketones is 1. The lowest BCUT2D eigenvalue weighted by Gasteiger charge is -2.04. The van der Waals surface area contributed by atoms with Crippen LogP contribution in [0.25, 0.3) is 0 Å². The normalized spacial score (nSPS) is 14.6. The van der Waals surface area contributed by atoms with Crippen LogP contribution in [-0.4, -0.2) is 16.9 Å². The summed E-state index contributed by atoms with van der Waals surface area (Å²) in [6.07, 6.45) is 2.08. The number of amides is 1. The van der Waals surface area contributed by atoms with Gasteiger partial charge in [0.2, 0.25) is 0 Å². The summed E-state index contributed by atoms with van der Waals surface area (Å²) in [5.41, 5.74) is 5.05. The Morgan fingerprint density at radius 2 is 2.19 bits per heavy atom. The number of nitrogens with zero attached hydrogens (tertiary/aromatic N) is 1. The Kier molecular flexibility index (Phi) is 2.78. The lowest BCUT2D eigenvalue weighted by molar-refractivity contribution is 0.0963. The number of hydrogen-bond acceptors (Lipinski definition) is 4. The van der Waals surface area contributed by atoms with Crippen LogP contribution >= 0.6 is 11.6 Å². The molecule has 0 spiro atoms. The van der Waals surface area contributed by atoms with Gasteiger partial charge in [0, 0.05) is 12.0 Å². The number of pyridine rings is 1.